The van der Waals surface area contributed by atoms with Crippen molar-refractivity contribution < 1.29 is 10.0 Å². The van der Waals surface area contributed by atoms with Crippen LogP contribution in [0, 0.1) is 17.0 Å². The fourth-order valence-corrected chi connectivity index (χ4v) is 2.17. The maximum atomic E-state index is 10.9. The maximum absolute atomic E-state index is 10.9. The number of anilines is 1. The van der Waals surface area contributed by atoms with Gasteiger partial charge in [0.2, 0.25) is 0 Å². The van der Waals surface area contributed by atoms with E-state index in [1.807, 2.05) is 18.9 Å². The van der Waals surface area contributed by atoms with E-state index >= 15 is 0 Å². The predicted molar refractivity (Wildman–Crippen MR) is 82.3 cm³/mol. The van der Waals surface area contributed by atoms with E-state index in [1.54, 1.807) is 12.1 Å². The van der Waals surface area contributed by atoms with Crippen molar-refractivity contribution in [3.8, 4) is 0 Å². The van der Waals surface area contributed by atoms with Crippen molar-refractivity contribution in [2.45, 2.75) is 20.1 Å². The molecule has 0 aromatic heterocycles. The molecule has 0 aliphatic heterocycles. The zero-order chi connectivity index (χ0) is 15.4. The third kappa shape index (κ3) is 3.58. The van der Waals surface area contributed by atoms with E-state index in [0.29, 0.717) is 12.1 Å². The molecule has 5 heteroatoms. The van der Waals surface area contributed by atoms with Crippen LogP contribution in [-0.4, -0.2) is 17.1 Å². The Morgan fingerprint density at radius 1 is 1.19 bits per heavy atom. The highest BCUT2D eigenvalue weighted by atomic mass is 16.6. The number of nitrogens with zero attached hydrogens (tertiary/aromatic N) is 2. The third-order valence-corrected chi connectivity index (χ3v) is 3.41. The number of hydrogen-bond acceptors (Lipinski definition) is 4. The van der Waals surface area contributed by atoms with Crippen LogP contribution in [0.1, 0.15) is 16.7 Å². The second-order valence-electron chi connectivity index (χ2n) is 5.07. The van der Waals surface area contributed by atoms with Crippen LogP contribution in [0.4, 0.5) is 11.4 Å². The number of hydrogen-bond donors (Lipinski definition) is 1. The van der Waals surface area contributed by atoms with Crippen LogP contribution in [0.15, 0.2) is 42.5 Å². The molecule has 110 valence electrons. The van der Waals surface area contributed by atoms with Gasteiger partial charge in [-0.15, -0.1) is 0 Å². The monoisotopic (exact) mass is 286 g/mol. The Bertz CT molecular complexity index is 638. The molecule has 0 amide bonds. The Labute approximate surface area is 123 Å². The molecule has 2 aromatic carbocycles. The van der Waals surface area contributed by atoms with E-state index in [4.69, 9.17) is 0 Å². The lowest BCUT2D eigenvalue weighted by atomic mass is 10.1. The minimum absolute atomic E-state index is 0.0509. The molecule has 5 nitrogen and oxygen atoms in total. The summed E-state index contributed by atoms with van der Waals surface area (Å²) in [7, 11) is 1.92. The normalized spacial score (nSPS) is 10.4. The summed E-state index contributed by atoms with van der Waals surface area (Å²) >= 11 is 0. The van der Waals surface area contributed by atoms with Crippen LogP contribution in [0.2, 0.25) is 0 Å². The van der Waals surface area contributed by atoms with Crippen molar-refractivity contribution in [2.24, 2.45) is 0 Å². The smallest absolute Gasteiger partial charge is 0.275 e. The van der Waals surface area contributed by atoms with Gasteiger partial charge < -0.3 is 10.0 Å². The maximum Gasteiger partial charge on any atom is 0.275 e. The Kier molecular flexibility index (Phi) is 4.55. The van der Waals surface area contributed by atoms with E-state index in [1.165, 1.54) is 11.6 Å². The molecule has 2 rings (SSSR count). The Morgan fingerprint density at radius 2 is 1.86 bits per heavy atom. The molecule has 21 heavy (non-hydrogen) atoms. The van der Waals surface area contributed by atoms with E-state index in [-0.39, 0.29) is 12.3 Å². The fourth-order valence-electron chi connectivity index (χ4n) is 2.17. The predicted octanol–water partition coefficient (Wildman–Crippen LogP) is 3.03. The zero-order valence-corrected chi connectivity index (χ0v) is 12.1. The highest BCUT2D eigenvalue weighted by molar-refractivity contribution is 5.55. The summed E-state index contributed by atoms with van der Waals surface area (Å²) in [4.78, 5) is 12.4. The van der Waals surface area contributed by atoms with Gasteiger partial charge in [-0.2, -0.15) is 0 Å². The Balaban J connectivity index is 2.21. The van der Waals surface area contributed by atoms with Crippen molar-refractivity contribution in [2.75, 3.05) is 11.9 Å². The van der Waals surface area contributed by atoms with Crippen LogP contribution in [0.25, 0.3) is 0 Å². The minimum atomic E-state index is -0.477. The van der Waals surface area contributed by atoms with Gasteiger partial charge in [0, 0.05) is 25.3 Å². The molecule has 1 N–H and O–H groups in total. The number of aliphatic hydroxyl groups excluding tert-OH is 1. The molecule has 0 unspecified atom stereocenters. The van der Waals surface area contributed by atoms with Gasteiger partial charge in [-0.3, -0.25) is 10.1 Å². The lowest BCUT2D eigenvalue weighted by Crippen LogP contribution is -2.16. The topological polar surface area (TPSA) is 66.6 Å². The first-order valence-corrected chi connectivity index (χ1v) is 6.66. The first-order valence-electron chi connectivity index (χ1n) is 6.66. The highest BCUT2D eigenvalue weighted by Crippen LogP contribution is 2.25. The summed E-state index contributed by atoms with van der Waals surface area (Å²) in [5.41, 5.74) is 3.48. The van der Waals surface area contributed by atoms with Gasteiger partial charge in [-0.1, -0.05) is 29.8 Å². The quantitative estimate of drug-likeness (QED) is 0.677. The summed E-state index contributed by atoms with van der Waals surface area (Å²) in [6.07, 6.45) is 0. The van der Waals surface area contributed by atoms with Crippen LogP contribution in [-0.2, 0) is 13.2 Å². The largest absolute Gasteiger partial charge is 0.391 e. The molecule has 0 heterocycles. The molecule has 0 spiro atoms. The van der Waals surface area contributed by atoms with Crippen LogP contribution in [0.5, 0.6) is 0 Å². The molecule has 0 atom stereocenters. The fraction of sp³-hybridized carbons (Fsp3) is 0.250. The highest BCUT2D eigenvalue weighted by Gasteiger charge is 2.14. The van der Waals surface area contributed by atoms with Crippen LogP contribution >= 0.6 is 0 Å². The van der Waals surface area contributed by atoms with Crippen molar-refractivity contribution in [3.05, 3.63) is 69.3 Å². The standard InChI is InChI=1S/C16H18N2O3/c1-12-3-5-13(6-4-12)10-17(2)15-7-8-16(18(20)21)14(9-15)11-19/h3-9,19H,10-11H2,1-2H3. The zero-order valence-electron chi connectivity index (χ0n) is 12.1. The lowest BCUT2D eigenvalue weighted by Gasteiger charge is -2.20. The SMILES string of the molecule is Cc1ccc(CN(C)c2ccc([N+](=O)[O-])c(CO)c2)cc1. The molecule has 0 saturated carbocycles. The Morgan fingerprint density at radius 3 is 2.43 bits per heavy atom. The van der Waals surface area contributed by atoms with Crippen molar-refractivity contribution in [1.29, 1.82) is 0 Å². The van der Waals surface area contributed by atoms with E-state index in [0.717, 1.165) is 11.3 Å². The van der Waals surface area contributed by atoms with Gasteiger partial charge in [-0.25, -0.2) is 0 Å². The van der Waals surface area contributed by atoms with Gasteiger partial charge in [0.1, 0.15) is 0 Å². The summed E-state index contributed by atoms with van der Waals surface area (Å²) in [5.74, 6) is 0. The molecule has 0 radical (unpaired) electrons. The number of benzene rings is 2. The molecule has 0 fully saturated rings. The summed E-state index contributed by atoms with van der Waals surface area (Å²) < 4.78 is 0. The number of aryl methyl sites for hydroxylation is 1. The van der Waals surface area contributed by atoms with E-state index < -0.39 is 4.92 Å². The Hall–Kier alpha value is -2.40. The number of nitro groups is 1. The molecule has 0 aliphatic carbocycles. The second-order valence-corrected chi connectivity index (χ2v) is 5.07. The molecular weight excluding hydrogens is 268 g/mol. The molecule has 0 aliphatic rings. The number of aliphatic hydroxyl groups is 1. The van der Waals surface area contributed by atoms with Gasteiger partial charge >= 0.3 is 0 Å². The van der Waals surface area contributed by atoms with Crippen LogP contribution in [0.3, 0.4) is 0 Å². The first kappa shape index (κ1) is 15.0. The molecular formula is C16H18N2O3. The summed E-state index contributed by atoms with van der Waals surface area (Å²) in [6, 6.07) is 13.0. The average Bonchev–Trinajstić information content (AvgIpc) is 2.48. The van der Waals surface area contributed by atoms with E-state index in [2.05, 4.69) is 24.3 Å². The minimum Gasteiger partial charge on any atom is -0.391 e. The average molecular weight is 286 g/mol. The van der Waals surface area contributed by atoms with Crippen molar-refractivity contribution in [3.63, 3.8) is 0 Å². The summed E-state index contributed by atoms with van der Waals surface area (Å²) in [6.45, 7) is 2.39. The van der Waals surface area contributed by atoms with Crippen molar-refractivity contribution >= 4 is 11.4 Å². The molecule has 2 aromatic rings. The van der Waals surface area contributed by atoms with Gasteiger partial charge in [0.25, 0.3) is 5.69 Å². The van der Waals surface area contributed by atoms with Crippen molar-refractivity contribution in [1.82, 2.24) is 0 Å². The molecule has 0 bridgehead atoms. The third-order valence-electron chi connectivity index (χ3n) is 3.41. The van der Waals surface area contributed by atoms with Gasteiger partial charge in [0.15, 0.2) is 0 Å². The van der Waals surface area contributed by atoms with Gasteiger partial charge in [0.05, 0.1) is 17.1 Å². The molecule has 0 saturated heterocycles. The van der Waals surface area contributed by atoms with E-state index in [9.17, 15) is 15.2 Å². The number of nitro benzene ring substituents is 1. The number of rotatable bonds is 5. The first-order chi connectivity index (χ1) is 10.0. The lowest BCUT2D eigenvalue weighted by molar-refractivity contribution is -0.385. The van der Waals surface area contributed by atoms with Crippen LogP contribution < -0.4 is 4.90 Å². The second kappa shape index (κ2) is 6.37. The van der Waals surface area contributed by atoms with Gasteiger partial charge in [-0.05, 0) is 24.6 Å². The summed E-state index contributed by atoms with van der Waals surface area (Å²) in [5, 5.41) is 20.1.